The quantitative estimate of drug-likeness (QED) is 0.729. The van der Waals surface area contributed by atoms with Gasteiger partial charge in [0, 0.05) is 40.4 Å². The van der Waals surface area contributed by atoms with E-state index in [0.29, 0.717) is 13.1 Å². The van der Waals surface area contributed by atoms with Gasteiger partial charge in [0.05, 0.1) is 0 Å². The zero-order chi connectivity index (χ0) is 21.0. The Kier molecular flexibility index (Phi) is 7.01. The van der Waals surface area contributed by atoms with Crippen LogP contribution in [0.25, 0.3) is 0 Å². The van der Waals surface area contributed by atoms with Gasteiger partial charge >= 0.3 is 0 Å². The number of carbonyl (C=O) groups excluding carboxylic acids is 2. The van der Waals surface area contributed by atoms with Crippen molar-refractivity contribution in [1.82, 2.24) is 4.90 Å². The summed E-state index contributed by atoms with van der Waals surface area (Å²) < 4.78 is 0. The van der Waals surface area contributed by atoms with Crippen LogP contribution < -0.4 is 5.32 Å². The number of piperidine rings is 1. The van der Waals surface area contributed by atoms with Crippen LogP contribution in [0.15, 0.2) is 52.3 Å². The summed E-state index contributed by atoms with van der Waals surface area (Å²) in [4.78, 5) is 28.9. The molecule has 1 aliphatic heterocycles. The van der Waals surface area contributed by atoms with Crippen molar-refractivity contribution in [2.24, 2.45) is 11.8 Å². The van der Waals surface area contributed by atoms with Gasteiger partial charge in [-0.05, 0) is 74.2 Å². The largest absolute Gasteiger partial charge is 0.342 e. The molecule has 4 nitrogen and oxygen atoms in total. The molecular formula is C24H30N2O2S. The molecule has 0 atom stereocenters. The SMILES string of the molecule is Cc1ccc(Sc2ccc(NC(=O)C3CCN(C(=O)C(C)C)CC3)cc2)cc1C. The molecule has 1 fully saturated rings. The number of rotatable bonds is 5. The van der Waals surface area contributed by atoms with Crippen molar-refractivity contribution in [1.29, 1.82) is 0 Å². The Labute approximate surface area is 178 Å². The molecule has 0 aromatic heterocycles. The number of aryl methyl sites for hydroxylation is 2. The summed E-state index contributed by atoms with van der Waals surface area (Å²) in [5.74, 6) is 0.216. The van der Waals surface area contributed by atoms with E-state index in [2.05, 4.69) is 37.4 Å². The van der Waals surface area contributed by atoms with E-state index < -0.39 is 0 Å². The van der Waals surface area contributed by atoms with E-state index in [1.54, 1.807) is 11.8 Å². The number of hydrogen-bond donors (Lipinski definition) is 1. The Balaban J connectivity index is 1.52. The monoisotopic (exact) mass is 410 g/mol. The lowest BCUT2D eigenvalue weighted by Crippen LogP contribution is -2.43. The molecule has 1 saturated heterocycles. The molecule has 5 heteroatoms. The summed E-state index contributed by atoms with van der Waals surface area (Å²) in [6.07, 6.45) is 1.45. The van der Waals surface area contributed by atoms with Crippen molar-refractivity contribution < 1.29 is 9.59 Å². The van der Waals surface area contributed by atoms with Gasteiger partial charge in [0.2, 0.25) is 11.8 Å². The lowest BCUT2D eigenvalue weighted by atomic mass is 9.95. The van der Waals surface area contributed by atoms with Crippen molar-refractivity contribution in [2.75, 3.05) is 18.4 Å². The molecule has 29 heavy (non-hydrogen) atoms. The van der Waals surface area contributed by atoms with Crippen LogP contribution in [0.5, 0.6) is 0 Å². The highest BCUT2D eigenvalue weighted by molar-refractivity contribution is 7.99. The molecule has 0 unspecified atom stereocenters. The van der Waals surface area contributed by atoms with Crippen molar-refractivity contribution in [2.45, 2.75) is 50.3 Å². The summed E-state index contributed by atoms with van der Waals surface area (Å²) in [7, 11) is 0. The van der Waals surface area contributed by atoms with Gasteiger partial charge < -0.3 is 10.2 Å². The summed E-state index contributed by atoms with van der Waals surface area (Å²) >= 11 is 1.72. The number of nitrogens with zero attached hydrogens (tertiary/aromatic N) is 1. The van der Waals surface area contributed by atoms with Crippen LogP contribution in [0.1, 0.15) is 37.8 Å². The molecule has 3 rings (SSSR count). The first-order valence-corrected chi connectivity index (χ1v) is 11.1. The van der Waals surface area contributed by atoms with Gasteiger partial charge in [-0.3, -0.25) is 9.59 Å². The molecule has 0 radical (unpaired) electrons. The van der Waals surface area contributed by atoms with Crippen molar-refractivity contribution >= 4 is 29.3 Å². The van der Waals surface area contributed by atoms with E-state index in [1.165, 1.54) is 16.0 Å². The molecule has 0 aliphatic carbocycles. The van der Waals surface area contributed by atoms with Crippen molar-refractivity contribution in [3.05, 3.63) is 53.6 Å². The number of amides is 2. The highest BCUT2D eigenvalue weighted by atomic mass is 32.2. The minimum absolute atomic E-state index is 0.0144. The highest BCUT2D eigenvalue weighted by Crippen LogP contribution is 2.30. The van der Waals surface area contributed by atoms with Crippen molar-refractivity contribution in [3.63, 3.8) is 0 Å². The first-order chi connectivity index (χ1) is 13.8. The lowest BCUT2D eigenvalue weighted by Gasteiger charge is -2.32. The maximum atomic E-state index is 12.6. The highest BCUT2D eigenvalue weighted by Gasteiger charge is 2.28. The van der Waals surface area contributed by atoms with Gasteiger partial charge in [0.1, 0.15) is 0 Å². The molecule has 2 amide bonds. The van der Waals surface area contributed by atoms with Crippen LogP contribution in [0, 0.1) is 25.7 Å². The van der Waals surface area contributed by atoms with E-state index in [9.17, 15) is 9.59 Å². The maximum Gasteiger partial charge on any atom is 0.227 e. The number of likely N-dealkylation sites (tertiary alicyclic amines) is 1. The van der Waals surface area contributed by atoms with E-state index in [-0.39, 0.29) is 23.7 Å². The van der Waals surface area contributed by atoms with Gasteiger partial charge in [-0.1, -0.05) is 31.7 Å². The number of hydrogen-bond acceptors (Lipinski definition) is 3. The van der Waals surface area contributed by atoms with Gasteiger partial charge in [-0.15, -0.1) is 0 Å². The zero-order valence-corrected chi connectivity index (χ0v) is 18.5. The fourth-order valence-corrected chi connectivity index (χ4v) is 4.41. The van der Waals surface area contributed by atoms with Crippen LogP contribution >= 0.6 is 11.8 Å². The fourth-order valence-electron chi connectivity index (χ4n) is 3.49. The molecule has 1 aliphatic rings. The van der Waals surface area contributed by atoms with E-state index >= 15 is 0 Å². The predicted octanol–water partition coefficient (Wildman–Crippen LogP) is 5.29. The van der Waals surface area contributed by atoms with Gasteiger partial charge in [-0.25, -0.2) is 0 Å². The topological polar surface area (TPSA) is 49.4 Å². The third-order valence-corrected chi connectivity index (χ3v) is 6.50. The standard InChI is InChI=1S/C24H30N2O2S/c1-16(2)24(28)26-13-11-19(12-14-26)23(27)25-20-6-9-21(10-7-20)29-22-8-5-17(3)18(4)15-22/h5-10,15-16,19H,11-14H2,1-4H3,(H,25,27). The number of anilines is 1. The smallest absolute Gasteiger partial charge is 0.227 e. The molecule has 0 spiro atoms. The molecular weight excluding hydrogens is 380 g/mol. The molecule has 1 heterocycles. The average molecular weight is 411 g/mol. The summed E-state index contributed by atoms with van der Waals surface area (Å²) in [5, 5.41) is 3.03. The summed E-state index contributed by atoms with van der Waals surface area (Å²) in [6.45, 7) is 9.42. The van der Waals surface area contributed by atoms with Crippen LogP contribution in [-0.2, 0) is 9.59 Å². The van der Waals surface area contributed by atoms with Gasteiger partial charge in [-0.2, -0.15) is 0 Å². The Hall–Kier alpha value is -2.27. The van der Waals surface area contributed by atoms with Crippen molar-refractivity contribution in [3.8, 4) is 0 Å². The zero-order valence-electron chi connectivity index (χ0n) is 17.7. The minimum atomic E-state index is -0.0317. The van der Waals surface area contributed by atoms with Crippen LogP contribution in [0.3, 0.4) is 0 Å². The van der Waals surface area contributed by atoms with Crippen LogP contribution in [0.4, 0.5) is 5.69 Å². The number of nitrogens with one attached hydrogen (secondary N) is 1. The first-order valence-electron chi connectivity index (χ1n) is 10.3. The van der Waals surface area contributed by atoms with E-state index in [1.807, 2.05) is 43.0 Å². The van der Waals surface area contributed by atoms with E-state index in [0.717, 1.165) is 23.4 Å². The number of carbonyl (C=O) groups is 2. The summed E-state index contributed by atoms with van der Waals surface area (Å²) in [5.41, 5.74) is 3.41. The first kappa shape index (κ1) is 21.4. The Morgan fingerprint density at radius 2 is 1.59 bits per heavy atom. The second kappa shape index (κ2) is 9.49. The third kappa shape index (κ3) is 5.63. The van der Waals surface area contributed by atoms with Gasteiger partial charge in [0.15, 0.2) is 0 Å². The molecule has 1 N–H and O–H groups in total. The molecule has 2 aromatic rings. The second-order valence-electron chi connectivity index (χ2n) is 8.12. The maximum absolute atomic E-state index is 12.6. The Bertz CT molecular complexity index is 869. The van der Waals surface area contributed by atoms with Crippen LogP contribution in [-0.4, -0.2) is 29.8 Å². The molecule has 154 valence electrons. The van der Waals surface area contributed by atoms with E-state index in [4.69, 9.17) is 0 Å². The average Bonchev–Trinajstić information content (AvgIpc) is 2.71. The molecule has 2 aromatic carbocycles. The van der Waals surface area contributed by atoms with Crippen LogP contribution in [0.2, 0.25) is 0 Å². The normalized spacial score (nSPS) is 14.9. The Morgan fingerprint density at radius 3 is 2.17 bits per heavy atom. The molecule has 0 saturated carbocycles. The predicted molar refractivity (Wildman–Crippen MR) is 119 cm³/mol. The lowest BCUT2D eigenvalue weighted by molar-refractivity contribution is -0.137. The second-order valence-corrected chi connectivity index (χ2v) is 9.26. The summed E-state index contributed by atoms with van der Waals surface area (Å²) in [6, 6.07) is 14.5. The fraction of sp³-hybridized carbons (Fsp3) is 0.417. The number of benzene rings is 2. The minimum Gasteiger partial charge on any atom is -0.342 e. The Morgan fingerprint density at radius 1 is 0.966 bits per heavy atom. The van der Waals surface area contributed by atoms with Gasteiger partial charge in [0.25, 0.3) is 0 Å². The third-order valence-electron chi connectivity index (χ3n) is 5.51. The molecule has 0 bridgehead atoms.